The molecule has 0 radical (unpaired) electrons. The summed E-state index contributed by atoms with van der Waals surface area (Å²) in [7, 11) is -0.910. The Balaban J connectivity index is 1.65. The van der Waals surface area contributed by atoms with Gasteiger partial charge in [-0.05, 0) is 43.3 Å². The molecule has 3 aromatic carbocycles. The van der Waals surface area contributed by atoms with Crippen molar-refractivity contribution in [2.24, 2.45) is 0 Å². The second-order valence-corrected chi connectivity index (χ2v) is 9.34. The fourth-order valence-electron chi connectivity index (χ4n) is 3.52. The summed E-state index contributed by atoms with van der Waals surface area (Å²) in [5.41, 5.74) is 1.74. The number of ether oxygens (including phenoxy) is 3. The number of rotatable bonds is 6. The molecule has 4 rings (SSSR count). The monoisotopic (exact) mass is 468 g/mol. The number of para-hydroxylation sites is 2. The summed E-state index contributed by atoms with van der Waals surface area (Å²) < 4.78 is 44.5. The highest BCUT2D eigenvalue weighted by Gasteiger charge is 2.37. The van der Waals surface area contributed by atoms with E-state index >= 15 is 0 Å². The first-order chi connectivity index (χ1) is 15.8. The summed E-state index contributed by atoms with van der Waals surface area (Å²) in [6.45, 7) is 1.70. The van der Waals surface area contributed by atoms with Crippen LogP contribution in [-0.2, 0) is 14.8 Å². The first-order valence-electron chi connectivity index (χ1n) is 10.2. The first-order valence-corrected chi connectivity index (χ1v) is 11.7. The van der Waals surface area contributed by atoms with Gasteiger partial charge in [0.1, 0.15) is 17.2 Å². The number of methoxy groups -OCH3 is 2. The van der Waals surface area contributed by atoms with Crippen LogP contribution in [0.2, 0.25) is 0 Å². The van der Waals surface area contributed by atoms with Gasteiger partial charge < -0.3 is 19.5 Å². The highest BCUT2D eigenvalue weighted by molar-refractivity contribution is 7.92. The third-order valence-corrected chi connectivity index (χ3v) is 7.10. The van der Waals surface area contributed by atoms with Crippen molar-refractivity contribution in [3.63, 3.8) is 0 Å². The van der Waals surface area contributed by atoms with E-state index in [1.54, 1.807) is 66.7 Å². The van der Waals surface area contributed by atoms with Crippen LogP contribution >= 0.6 is 0 Å². The summed E-state index contributed by atoms with van der Waals surface area (Å²) >= 11 is 0. The maximum Gasteiger partial charge on any atom is 0.267 e. The number of carbonyl (C=O) groups is 1. The molecule has 33 heavy (non-hydrogen) atoms. The molecule has 3 aromatic rings. The number of carbonyl (C=O) groups excluding carboxylic acids is 1. The van der Waals surface area contributed by atoms with Crippen LogP contribution in [0.5, 0.6) is 17.2 Å². The van der Waals surface area contributed by atoms with E-state index < -0.39 is 22.0 Å². The summed E-state index contributed by atoms with van der Waals surface area (Å²) in [4.78, 5) is 13.2. The van der Waals surface area contributed by atoms with Crippen LogP contribution < -0.4 is 23.8 Å². The zero-order chi connectivity index (χ0) is 23.6. The number of hydrogen-bond acceptors (Lipinski definition) is 6. The van der Waals surface area contributed by atoms with Crippen LogP contribution in [0.15, 0.2) is 71.6 Å². The summed E-state index contributed by atoms with van der Waals surface area (Å²) in [6, 6.07) is 18.3. The summed E-state index contributed by atoms with van der Waals surface area (Å²) in [5, 5.41) is 2.77. The molecule has 0 spiro atoms. The molecule has 8 nitrogen and oxygen atoms in total. The zero-order valence-corrected chi connectivity index (χ0v) is 19.3. The average molecular weight is 469 g/mol. The number of anilines is 2. The Morgan fingerprint density at radius 1 is 1.03 bits per heavy atom. The SMILES string of the molecule is COc1ccc(NC(=O)C2CN(S(=O)(=O)c3ccc(C)cc3)c3ccccc3O2)c(OC)c1. The predicted molar refractivity (Wildman–Crippen MR) is 125 cm³/mol. The molecule has 172 valence electrons. The molecule has 0 aromatic heterocycles. The maximum atomic E-state index is 13.5. The molecule has 1 aliphatic rings. The van der Waals surface area contributed by atoms with Crippen molar-refractivity contribution in [2.75, 3.05) is 30.4 Å². The lowest BCUT2D eigenvalue weighted by molar-refractivity contribution is -0.122. The van der Waals surface area contributed by atoms with Gasteiger partial charge in [-0.3, -0.25) is 9.10 Å². The largest absolute Gasteiger partial charge is 0.497 e. The van der Waals surface area contributed by atoms with Crippen molar-refractivity contribution in [3.05, 3.63) is 72.3 Å². The van der Waals surface area contributed by atoms with Crippen LogP contribution in [0, 0.1) is 6.92 Å². The van der Waals surface area contributed by atoms with Crippen LogP contribution in [0.3, 0.4) is 0 Å². The second kappa shape index (κ2) is 9.03. The minimum atomic E-state index is -3.92. The second-order valence-electron chi connectivity index (χ2n) is 7.48. The fourth-order valence-corrected chi connectivity index (χ4v) is 4.99. The molecule has 0 bridgehead atoms. The van der Waals surface area contributed by atoms with E-state index in [4.69, 9.17) is 14.2 Å². The van der Waals surface area contributed by atoms with Crippen molar-refractivity contribution >= 4 is 27.3 Å². The molecule has 1 atom stereocenters. The van der Waals surface area contributed by atoms with Gasteiger partial charge in [0, 0.05) is 6.07 Å². The molecule has 1 aliphatic heterocycles. The van der Waals surface area contributed by atoms with Crippen molar-refractivity contribution in [1.82, 2.24) is 0 Å². The van der Waals surface area contributed by atoms with Crippen molar-refractivity contribution in [2.45, 2.75) is 17.9 Å². The van der Waals surface area contributed by atoms with Gasteiger partial charge in [0.2, 0.25) is 0 Å². The van der Waals surface area contributed by atoms with Crippen LogP contribution in [0.1, 0.15) is 5.56 Å². The number of aryl methyl sites for hydroxylation is 1. The van der Waals surface area contributed by atoms with Gasteiger partial charge >= 0.3 is 0 Å². The average Bonchev–Trinajstić information content (AvgIpc) is 2.83. The summed E-state index contributed by atoms with van der Waals surface area (Å²) in [6.07, 6.45) is -1.08. The Hall–Kier alpha value is -3.72. The normalized spacial score (nSPS) is 15.2. The highest BCUT2D eigenvalue weighted by Crippen LogP contribution is 2.37. The Bertz CT molecular complexity index is 1270. The highest BCUT2D eigenvalue weighted by atomic mass is 32.2. The number of sulfonamides is 1. The third kappa shape index (κ3) is 4.45. The lowest BCUT2D eigenvalue weighted by Gasteiger charge is -2.34. The predicted octanol–water partition coefficient (Wildman–Crippen LogP) is 3.61. The van der Waals surface area contributed by atoms with Gasteiger partial charge in [-0.15, -0.1) is 0 Å². The number of nitrogens with one attached hydrogen (secondary N) is 1. The lowest BCUT2D eigenvalue weighted by atomic mass is 10.2. The van der Waals surface area contributed by atoms with E-state index in [0.717, 1.165) is 5.56 Å². The molecular formula is C24H24N2O6S. The number of nitrogens with zero attached hydrogens (tertiary/aromatic N) is 1. The molecule has 1 heterocycles. The summed E-state index contributed by atoms with van der Waals surface area (Å²) in [5.74, 6) is 0.782. The third-order valence-electron chi connectivity index (χ3n) is 5.30. The van der Waals surface area contributed by atoms with Gasteiger partial charge in [-0.2, -0.15) is 0 Å². The van der Waals surface area contributed by atoms with E-state index in [0.29, 0.717) is 28.6 Å². The topological polar surface area (TPSA) is 94.2 Å². The molecule has 0 saturated heterocycles. The van der Waals surface area contributed by atoms with E-state index in [2.05, 4.69) is 5.32 Å². The van der Waals surface area contributed by atoms with E-state index in [-0.39, 0.29) is 11.4 Å². The van der Waals surface area contributed by atoms with E-state index in [1.807, 2.05) is 6.92 Å². The number of fused-ring (bicyclic) bond motifs is 1. The standard InChI is InChI=1S/C24H24N2O6S/c1-16-8-11-18(12-9-16)33(28,29)26-15-23(32-21-7-5-4-6-20(21)26)24(27)25-19-13-10-17(30-2)14-22(19)31-3/h4-14,23H,15H2,1-3H3,(H,25,27). The van der Waals surface area contributed by atoms with Gasteiger partial charge in [0.05, 0.1) is 37.0 Å². The van der Waals surface area contributed by atoms with Crippen molar-refractivity contribution in [1.29, 1.82) is 0 Å². The Kier molecular flexibility index (Phi) is 6.15. The number of benzene rings is 3. The smallest absolute Gasteiger partial charge is 0.267 e. The van der Waals surface area contributed by atoms with Gasteiger partial charge in [0.15, 0.2) is 6.10 Å². The Labute approximate surface area is 192 Å². The molecule has 1 amide bonds. The van der Waals surface area contributed by atoms with Gasteiger partial charge in [-0.1, -0.05) is 29.8 Å². The first kappa shape index (κ1) is 22.5. The van der Waals surface area contributed by atoms with Crippen molar-refractivity contribution in [3.8, 4) is 17.2 Å². The number of amides is 1. The molecular weight excluding hydrogens is 444 g/mol. The van der Waals surface area contributed by atoms with Gasteiger partial charge in [0.25, 0.3) is 15.9 Å². The number of hydrogen-bond donors (Lipinski definition) is 1. The zero-order valence-electron chi connectivity index (χ0n) is 18.4. The van der Waals surface area contributed by atoms with Crippen LogP contribution in [-0.4, -0.2) is 41.2 Å². The Morgan fingerprint density at radius 3 is 2.45 bits per heavy atom. The molecule has 0 saturated carbocycles. The van der Waals surface area contributed by atoms with Gasteiger partial charge in [-0.25, -0.2) is 8.42 Å². The van der Waals surface area contributed by atoms with E-state index in [1.165, 1.54) is 18.5 Å². The molecule has 0 aliphatic carbocycles. The maximum absolute atomic E-state index is 13.5. The van der Waals surface area contributed by atoms with Crippen molar-refractivity contribution < 1.29 is 27.4 Å². The van der Waals surface area contributed by atoms with Crippen LogP contribution in [0.4, 0.5) is 11.4 Å². The quantitative estimate of drug-likeness (QED) is 0.594. The molecule has 1 unspecified atom stereocenters. The fraction of sp³-hybridized carbons (Fsp3) is 0.208. The van der Waals surface area contributed by atoms with E-state index in [9.17, 15) is 13.2 Å². The minimum Gasteiger partial charge on any atom is -0.497 e. The molecule has 1 N–H and O–H groups in total. The lowest BCUT2D eigenvalue weighted by Crippen LogP contribution is -2.48. The van der Waals surface area contributed by atoms with Crippen LogP contribution in [0.25, 0.3) is 0 Å². The molecule has 0 fully saturated rings. The minimum absolute atomic E-state index is 0.140. The Morgan fingerprint density at radius 2 is 1.76 bits per heavy atom. The molecule has 9 heteroatoms.